The second-order valence-electron chi connectivity index (χ2n) is 8.77. The summed E-state index contributed by atoms with van der Waals surface area (Å²) in [4.78, 5) is 29.4. The number of likely N-dealkylation sites (tertiary alicyclic amines) is 1. The van der Waals surface area contributed by atoms with Gasteiger partial charge in [-0.15, -0.1) is 0 Å². The summed E-state index contributed by atoms with van der Waals surface area (Å²) < 4.78 is 9.94. The number of nitrogens with one attached hydrogen (secondary N) is 1. The molecule has 0 spiro atoms. The zero-order chi connectivity index (χ0) is 26.1. The van der Waals surface area contributed by atoms with Crippen molar-refractivity contribution in [2.45, 2.75) is 59.5 Å². The maximum absolute atomic E-state index is 11.5. The molecule has 194 valence electrons. The zero-order valence-electron chi connectivity index (χ0n) is 22.0. The highest BCUT2D eigenvalue weighted by Gasteiger charge is 2.25. The fourth-order valence-electron chi connectivity index (χ4n) is 3.34. The first-order valence-electron chi connectivity index (χ1n) is 12.2. The van der Waals surface area contributed by atoms with Crippen LogP contribution in [0.4, 0.5) is 4.79 Å². The van der Waals surface area contributed by atoms with Gasteiger partial charge >= 0.3 is 12.1 Å². The molecule has 1 N–H and O–H groups in total. The van der Waals surface area contributed by atoms with Crippen molar-refractivity contribution in [2.75, 3.05) is 33.3 Å². The van der Waals surface area contributed by atoms with Crippen LogP contribution >= 0.6 is 0 Å². The summed E-state index contributed by atoms with van der Waals surface area (Å²) in [6.45, 7) is 12.9. The molecule has 2 aromatic rings. The Balaban J connectivity index is 0.000000367. The molecule has 0 radical (unpaired) electrons. The fraction of sp³-hybridized carbons (Fsp3) is 0.577. The smallest absolute Gasteiger partial charge is 0.407 e. The Morgan fingerprint density at radius 1 is 1.09 bits per heavy atom. The molecule has 1 amide bonds. The quantitative estimate of drug-likeness (QED) is 0.473. The molecule has 1 saturated heterocycles. The van der Waals surface area contributed by atoms with Gasteiger partial charge in [-0.25, -0.2) is 4.79 Å². The number of ether oxygens (including phenoxy) is 2. The van der Waals surface area contributed by atoms with Crippen LogP contribution < -0.4 is 5.32 Å². The molecular weight excluding hydrogens is 446 g/mol. The molecule has 0 atom stereocenters. The number of piperidine rings is 1. The molecule has 0 aliphatic carbocycles. The number of carbonyl (C=O) groups is 2. The average Bonchev–Trinajstić information content (AvgIpc) is 2.88. The van der Waals surface area contributed by atoms with Crippen LogP contribution in [0.15, 0.2) is 42.9 Å². The van der Waals surface area contributed by atoms with Gasteiger partial charge in [-0.3, -0.25) is 9.78 Å². The van der Waals surface area contributed by atoms with Crippen molar-refractivity contribution in [1.29, 1.82) is 0 Å². The van der Waals surface area contributed by atoms with Crippen molar-refractivity contribution >= 4 is 12.1 Å². The third-order valence-electron chi connectivity index (χ3n) is 4.99. The first-order chi connectivity index (χ1) is 16.8. The maximum Gasteiger partial charge on any atom is 0.407 e. The highest BCUT2D eigenvalue weighted by atomic mass is 16.6. The van der Waals surface area contributed by atoms with E-state index >= 15 is 0 Å². The Hall–Kier alpha value is -3.07. The van der Waals surface area contributed by atoms with Crippen LogP contribution in [0.2, 0.25) is 0 Å². The van der Waals surface area contributed by atoms with E-state index in [4.69, 9.17) is 9.47 Å². The number of nitrogens with zero attached hydrogens (tertiary/aromatic N) is 4. The minimum Gasteiger partial charge on any atom is -0.469 e. The summed E-state index contributed by atoms with van der Waals surface area (Å²) in [6, 6.07) is 7.66. The summed E-state index contributed by atoms with van der Waals surface area (Å²) in [6.07, 6.45) is 7.33. The topological polar surface area (TPSA) is 107 Å². The summed E-state index contributed by atoms with van der Waals surface area (Å²) in [5.74, 6) is -0.0487. The van der Waals surface area contributed by atoms with Gasteiger partial charge in [-0.05, 0) is 77.9 Å². The molecule has 9 nitrogen and oxygen atoms in total. The minimum absolute atomic E-state index is 0.0474. The van der Waals surface area contributed by atoms with Gasteiger partial charge in [0.25, 0.3) is 0 Å². The summed E-state index contributed by atoms with van der Waals surface area (Å²) >= 11 is 0. The van der Waals surface area contributed by atoms with Crippen LogP contribution in [0.3, 0.4) is 0 Å². The molecule has 2 aromatic heterocycles. The minimum atomic E-state index is -0.458. The zero-order valence-corrected chi connectivity index (χ0v) is 22.0. The van der Waals surface area contributed by atoms with Crippen LogP contribution in [-0.4, -0.2) is 71.0 Å². The predicted molar refractivity (Wildman–Crippen MR) is 137 cm³/mol. The van der Waals surface area contributed by atoms with Crippen LogP contribution in [-0.2, 0) is 14.3 Å². The predicted octanol–water partition coefficient (Wildman–Crippen LogP) is 4.35. The van der Waals surface area contributed by atoms with Crippen molar-refractivity contribution in [2.24, 2.45) is 5.92 Å². The van der Waals surface area contributed by atoms with Crippen molar-refractivity contribution in [3.63, 3.8) is 0 Å². The van der Waals surface area contributed by atoms with Crippen molar-refractivity contribution in [3.8, 4) is 11.3 Å². The second kappa shape index (κ2) is 16.5. The van der Waals surface area contributed by atoms with E-state index in [2.05, 4.69) is 25.4 Å². The molecule has 0 aromatic carbocycles. The normalized spacial score (nSPS) is 13.9. The lowest BCUT2D eigenvalue weighted by Crippen LogP contribution is -2.38. The monoisotopic (exact) mass is 487 g/mol. The molecule has 1 aliphatic rings. The lowest BCUT2D eigenvalue weighted by Gasteiger charge is -2.30. The number of aromatic nitrogens is 3. The molecule has 1 aliphatic heterocycles. The van der Waals surface area contributed by atoms with Crippen molar-refractivity contribution in [3.05, 3.63) is 42.9 Å². The van der Waals surface area contributed by atoms with Gasteiger partial charge in [0.1, 0.15) is 5.60 Å². The first-order valence-corrected chi connectivity index (χ1v) is 12.2. The molecule has 0 unspecified atom stereocenters. The van der Waals surface area contributed by atoms with Gasteiger partial charge in [0.2, 0.25) is 0 Å². The Morgan fingerprint density at radius 2 is 1.80 bits per heavy atom. The van der Waals surface area contributed by atoms with Crippen molar-refractivity contribution in [1.82, 2.24) is 25.4 Å². The van der Waals surface area contributed by atoms with E-state index < -0.39 is 5.60 Å². The van der Waals surface area contributed by atoms with Crippen LogP contribution in [0.25, 0.3) is 11.3 Å². The number of esters is 1. The average molecular weight is 488 g/mol. The number of hydrogen-bond acceptors (Lipinski definition) is 8. The number of amides is 1. The van der Waals surface area contributed by atoms with Gasteiger partial charge in [0, 0.05) is 18.3 Å². The second-order valence-corrected chi connectivity index (χ2v) is 8.77. The number of pyridine rings is 1. The van der Waals surface area contributed by atoms with E-state index in [1.165, 1.54) is 7.11 Å². The van der Waals surface area contributed by atoms with E-state index in [-0.39, 0.29) is 18.0 Å². The lowest BCUT2D eigenvalue weighted by atomic mass is 9.97. The highest BCUT2D eigenvalue weighted by Crippen LogP contribution is 2.18. The Bertz CT molecular complexity index is 798. The molecule has 3 rings (SSSR count). The van der Waals surface area contributed by atoms with Gasteiger partial charge in [0.05, 0.1) is 31.1 Å². The van der Waals surface area contributed by atoms with E-state index in [9.17, 15) is 9.59 Å². The Kier molecular flexibility index (Phi) is 14.2. The van der Waals surface area contributed by atoms with Crippen molar-refractivity contribution < 1.29 is 19.1 Å². The number of hydrogen-bond donors (Lipinski definition) is 1. The Morgan fingerprint density at radius 3 is 2.34 bits per heavy atom. The summed E-state index contributed by atoms with van der Waals surface area (Å²) in [7, 11) is 1.44. The van der Waals surface area contributed by atoms with E-state index in [0.717, 1.165) is 50.2 Å². The summed E-state index contributed by atoms with van der Waals surface area (Å²) in [5.41, 5.74) is 1.46. The van der Waals surface area contributed by atoms with Crippen LogP contribution in [0.5, 0.6) is 0 Å². The molecule has 35 heavy (non-hydrogen) atoms. The molecule has 0 saturated carbocycles. The molecule has 9 heteroatoms. The Labute approximate surface area is 209 Å². The standard InChI is InChI=1S/C15H28N2O4.C9H7N3.C2H6/c1-15(2,3)21-14(19)16-8-5-9-17-10-6-12(7-11-17)13(18)20-4;1-2-5-10-9(3-1)8-4-6-11-12-7-8;1-2/h12H,5-11H2,1-4H3,(H,16,19);1-7H;1-2H3. The molecular formula is C26H41N5O4. The largest absolute Gasteiger partial charge is 0.469 e. The molecule has 0 bridgehead atoms. The van der Waals surface area contributed by atoms with E-state index in [1.54, 1.807) is 18.6 Å². The number of rotatable bonds is 6. The SMILES string of the molecule is CC.COC(=O)C1CCN(CCCNC(=O)OC(C)(C)C)CC1.c1ccc(-c2ccnnc2)nc1. The fourth-order valence-corrected chi connectivity index (χ4v) is 3.34. The third kappa shape index (κ3) is 12.8. The number of carbonyl (C=O) groups excluding carboxylic acids is 2. The maximum atomic E-state index is 11.5. The van der Waals surface area contributed by atoms with Crippen LogP contribution in [0, 0.1) is 5.92 Å². The van der Waals surface area contributed by atoms with Gasteiger partial charge in [-0.1, -0.05) is 19.9 Å². The first kappa shape index (κ1) is 30.0. The van der Waals surface area contributed by atoms with Gasteiger partial charge < -0.3 is 19.7 Å². The lowest BCUT2D eigenvalue weighted by molar-refractivity contribution is -0.147. The number of alkyl carbamates (subject to hydrolysis) is 1. The summed E-state index contributed by atoms with van der Waals surface area (Å²) in [5, 5.41) is 10.2. The van der Waals surface area contributed by atoms with Gasteiger partial charge in [0.15, 0.2) is 0 Å². The molecule has 3 heterocycles. The van der Waals surface area contributed by atoms with E-state index in [1.807, 2.05) is 58.9 Å². The number of methoxy groups -OCH3 is 1. The van der Waals surface area contributed by atoms with E-state index in [0.29, 0.717) is 6.54 Å². The van der Waals surface area contributed by atoms with Gasteiger partial charge in [-0.2, -0.15) is 10.2 Å². The molecule has 1 fully saturated rings. The highest BCUT2D eigenvalue weighted by molar-refractivity contribution is 5.72. The van der Waals surface area contributed by atoms with Crippen LogP contribution in [0.1, 0.15) is 53.9 Å². The third-order valence-corrected chi connectivity index (χ3v) is 4.99.